The van der Waals surface area contributed by atoms with Crippen LogP contribution in [0.3, 0.4) is 0 Å². The van der Waals surface area contributed by atoms with Crippen molar-refractivity contribution in [1.82, 2.24) is 5.32 Å². The summed E-state index contributed by atoms with van der Waals surface area (Å²) in [7, 11) is 0. The Hall–Kier alpha value is -0.580. The molecule has 20 heavy (non-hydrogen) atoms. The van der Waals surface area contributed by atoms with Gasteiger partial charge in [-0.05, 0) is 53.1 Å². The standard InChI is InChI=1S/C17H22INO/c18-10-4-1-5-11-19-17(20)16-14-9-8-12-6-2-3-7-13(12)15(14)16/h2-3,6-7,14-16H,1,4-5,8-11H2,(H,19,20). The zero-order chi connectivity index (χ0) is 13.9. The molecule has 2 aliphatic rings. The SMILES string of the molecule is O=C(NCCCCCI)C1C2CCc3ccccc3C21. The summed E-state index contributed by atoms with van der Waals surface area (Å²) in [4.78, 5) is 12.3. The summed E-state index contributed by atoms with van der Waals surface area (Å²) < 4.78 is 1.22. The second-order valence-corrected chi connectivity index (χ2v) is 7.07. The molecule has 1 N–H and O–H groups in total. The van der Waals surface area contributed by atoms with Gasteiger partial charge in [-0.3, -0.25) is 4.79 Å². The molecule has 0 aliphatic heterocycles. The maximum absolute atomic E-state index is 12.3. The first-order chi connectivity index (χ1) is 9.83. The third kappa shape index (κ3) is 2.87. The normalized spacial score (nSPS) is 26.6. The minimum atomic E-state index is 0.253. The van der Waals surface area contributed by atoms with Crippen LogP contribution in [0.25, 0.3) is 0 Å². The van der Waals surface area contributed by atoms with E-state index in [2.05, 4.69) is 52.2 Å². The Balaban J connectivity index is 1.52. The maximum atomic E-state index is 12.3. The molecule has 0 aromatic heterocycles. The van der Waals surface area contributed by atoms with E-state index in [1.807, 2.05) is 0 Å². The Morgan fingerprint density at radius 1 is 1.25 bits per heavy atom. The highest BCUT2D eigenvalue weighted by molar-refractivity contribution is 14.1. The van der Waals surface area contributed by atoms with Crippen molar-refractivity contribution < 1.29 is 4.79 Å². The van der Waals surface area contributed by atoms with Crippen molar-refractivity contribution in [3.05, 3.63) is 35.4 Å². The average Bonchev–Trinajstić information content (AvgIpc) is 3.22. The first-order valence-electron chi connectivity index (χ1n) is 7.74. The van der Waals surface area contributed by atoms with Crippen LogP contribution in [0.15, 0.2) is 24.3 Å². The molecule has 3 unspecified atom stereocenters. The van der Waals surface area contributed by atoms with E-state index in [4.69, 9.17) is 0 Å². The molecule has 108 valence electrons. The molecule has 0 bridgehead atoms. The summed E-state index contributed by atoms with van der Waals surface area (Å²) in [6.07, 6.45) is 5.95. The molecule has 0 saturated heterocycles. The Labute approximate surface area is 134 Å². The molecule has 1 aromatic rings. The quantitative estimate of drug-likeness (QED) is 0.453. The van der Waals surface area contributed by atoms with Crippen LogP contribution < -0.4 is 5.32 Å². The number of hydrogen-bond donors (Lipinski definition) is 1. The van der Waals surface area contributed by atoms with Gasteiger partial charge in [0, 0.05) is 12.5 Å². The second kappa shape index (κ2) is 6.46. The van der Waals surface area contributed by atoms with E-state index in [-0.39, 0.29) is 5.92 Å². The van der Waals surface area contributed by atoms with Gasteiger partial charge in [-0.2, -0.15) is 0 Å². The largest absolute Gasteiger partial charge is 0.356 e. The zero-order valence-electron chi connectivity index (χ0n) is 11.8. The van der Waals surface area contributed by atoms with Gasteiger partial charge in [-0.15, -0.1) is 0 Å². The number of hydrogen-bond acceptors (Lipinski definition) is 1. The minimum absolute atomic E-state index is 0.253. The van der Waals surface area contributed by atoms with Crippen LogP contribution in [0.4, 0.5) is 0 Å². The Bertz CT molecular complexity index is 488. The van der Waals surface area contributed by atoms with E-state index in [0.29, 0.717) is 17.7 Å². The highest BCUT2D eigenvalue weighted by Crippen LogP contribution is 2.59. The Morgan fingerprint density at radius 3 is 2.95 bits per heavy atom. The number of alkyl halides is 1. The molecular weight excluding hydrogens is 361 g/mol. The first kappa shape index (κ1) is 14.4. The van der Waals surface area contributed by atoms with Crippen LogP contribution in [0, 0.1) is 11.8 Å². The zero-order valence-corrected chi connectivity index (χ0v) is 13.9. The van der Waals surface area contributed by atoms with Gasteiger partial charge < -0.3 is 5.32 Å². The van der Waals surface area contributed by atoms with Crippen molar-refractivity contribution in [2.45, 2.75) is 38.0 Å². The number of fused-ring (bicyclic) bond motifs is 3. The number of carbonyl (C=O) groups excluding carboxylic acids is 1. The van der Waals surface area contributed by atoms with Gasteiger partial charge in [0.2, 0.25) is 5.91 Å². The molecule has 2 nitrogen and oxygen atoms in total. The van der Waals surface area contributed by atoms with E-state index in [1.165, 1.54) is 34.8 Å². The summed E-state index contributed by atoms with van der Waals surface area (Å²) in [5.41, 5.74) is 2.90. The van der Waals surface area contributed by atoms with Gasteiger partial charge >= 0.3 is 0 Å². The third-order valence-corrected chi connectivity index (χ3v) is 5.50. The number of unbranched alkanes of at least 4 members (excludes halogenated alkanes) is 2. The van der Waals surface area contributed by atoms with Crippen LogP contribution in [0.5, 0.6) is 0 Å². The lowest BCUT2D eigenvalue weighted by Gasteiger charge is -2.13. The summed E-state index contributed by atoms with van der Waals surface area (Å²) in [6.45, 7) is 0.854. The number of amides is 1. The van der Waals surface area contributed by atoms with Crippen LogP contribution >= 0.6 is 22.6 Å². The van der Waals surface area contributed by atoms with Gasteiger partial charge in [0.25, 0.3) is 0 Å². The predicted octanol–water partition coefficient (Wildman–Crippen LogP) is 3.68. The number of aryl methyl sites for hydroxylation is 1. The summed E-state index contributed by atoms with van der Waals surface area (Å²) >= 11 is 2.41. The van der Waals surface area contributed by atoms with Crippen LogP contribution in [0.1, 0.15) is 42.7 Å². The van der Waals surface area contributed by atoms with Crippen molar-refractivity contribution >= 4 is 28.5 Å². The van der Waals surface area contributed by atoms with Crippen LogP contribution in [-0.2, 0) is 11.2 Å². The molecule has 1 aromatic carbocycles. The fraction of sp³-hybridized carbons (Fsp3) is 0.588. The van der Waals surface area contributed by atoms with E-state index in [1.54, 1.807) is 0 Å². The predicted molar refractivity (Wildman–Crippen MR) is 90.2 cm³/mol. The number of carbonyl (C=O) groups is 1. The van der Waals surface area contributed by atoms with Crippen LogP contribution in [-0.4, -0.2) is 16.9 Å². The molecule has 3 rings (SSSR count). The Kier molecular flexibility index (Phi) is 4.64. The number of nitrogens with one attached hydrogen (secondary N) is 1. The first-order valence-corrected chi connectivity index (χ1v) is 9.27. The van der Waals surface area contributed by atoms with Gasteiger partial charge in [0.15, 0.2) is 0 Å². The van der Waals surface area contributed by atoms with Gasteiger partial charge in [0.05, 0.1) is 0 Å². The van der Waals surface area contributed by atoms with Gasteiger partial charge in [-0.1, -0.05) is 53.3 Å². The Morgan fingerprint density at radius 2 is 2.10 bits per heavy atom. The monoisotopic (exact) mass is 383 g/mol. The van der Waals surface area contributed by atoms with Crippen molar-refractivity contribution in [3.8, 4) is 0 Å². The molecule has 2 aliphatic carbocycles. The van der Waals surface area contributed by atoms with Crippen molar-refractivity contribution in [2.24, 2.45) is 11.8 Å². The summed E-state index contributed by atoms with van der Waals surface area (Å²) in [6, 6.07) is 8.67. The molecule has 1 fully saturated rings. The van der Waals surface area contributed by atoms with Gasteiger partial charge in [0.1, 0.15) is 0 Å². The highest BCUT2D eigenvalue weighted by Gasteiger charge is 2.56. The number of benzene rings is 1. The fourth-order valence-corrected chi connectivity index (χ4v) is 4.19. The molecule has 0 spiro atoms. The van der Waals surface area contributed by atoms with Crippen molar-refractivity contribution in [1.29, 1.82) is 0 Å². The lowest BCUT2D eigenvalue weighted by atomic mass is 9.92. The molecule has 1 saturated carbocycles. The lowest BCUT2D eigenvalue weighted by Crippen LogP contribution is -2.26. The number of halogens is 1. The summed E-state index contributed by atoms with van der Waals surface area (Å²) in [5, 5.41) is 3.15. The smallest absolute Gasteiger partial charge is 0.224 e. The second-order valence-electron chi connectivity index (χ2n) is 5.99. The van der Waals surface area contributed by atoms with E-state index >= 15 is 0 Å². The van der Waals surface area contributed by atoms with Crippen LogP contribution in [0.2, 0.25) is 0 Å². The number of rotatable bonds is 6. The third-order valence-electron chi connectivity index (χ3n) is 4.74. The molecular formula is C17H22INO. The lowest BCUT2D eigenvalue weighted by molar-refractivity contribution is -0.122. The fourth-order valence-electron chi connectivity index (χ4n) is 3.65. The molecule has 0 heterocycles. The average molecular weight is 383 g/mol. The molecule has 0 radical (unpaired) electrons. The van der Waals surface area contributed by atoms with E-state index < -0.39 is 0 Å². The van der Waals surface area contributed by atoms with E-state index in [0.717, 1.165) is 19.4 Å². The minimum Gasteiger partial charge on any atom is -0.356 e. The molecule has 3 atom stereocenters. The molecule has 1 amide bonds. The summed E-state index contributed by atoms with van der Waals surface area (Å²) in [5.74, 6) is 1.67. The molecule has 3 heteroatoms. The van der Waals surface area contributed by atoms with E-state index in [9.17, 15) is 4.79 Å². The highest BCUT2D eigenvalue weighted by atomic mass is 127. The van der Waals surface area contributed by atoms with Crippen molar-refractivity contribution in [2.75, 3.05) is 11.0 Å². The van der Waals surface area contributed by atoms with Crippen molar-refractivity contribution in [3.63, 3.8) is 0 Å². The van der Waals surface area contributed by atoms with Gasteiger partial charge in [-0.25, -0.2) is 0 Å². The topological polar surface area (TPSA) is 29.1 Å². The maximum Gasteiger partial charge on any atom is 0.224 e.